The van der Waals surface area contributed by atoms with Crippen molar-refractivity contribution in [3.8, 4) is 0 Å². The van der Waals surface area contributed by atoms with Gasteiger partial charge in [0.1, 0.15) is 0 Å². The highest BCUT2D eigenvalue weighted by atomic mass is 16.7. The highest BCUT2D eigenvalue weighted by molar-refractivity contribution is 4.77. The first-order chi connectivity index (χ1) is 8.25. The Hall–Kier alpha value is -0.910. The summed E-state index contributed by atoms with van der Waals surface area (Å²) >= 11 is 0. The Labute approximate surface area is 101 Å². The van der Waals surface area contributed by atoms with E-state index in [4.69, 9.17) is 9.47 Å². The number of aromatic nitrogens is 2. The molecule has 1 aliphatic rings. The Morgan fingerprint density at radius 1 is 1.59 bits per heavy atom. The van der Waals surface area contributed by atoms with Gasteiger partial charge in [0.05, 0.1) is 25.1 Å². The van der Waals surface area contributed by atoms with Crippen LogP contribution in [0.5, 0.6) is 0 Å². The average Bonchev–Trinajstić information content (AvgIpc) is 2.83. The van der Waals surface area contributed by atoms with Crippen LogP contribution in [-0.2, 0) is 16.0 Å². The highest BCUT2D eigenvalue weighted by Crippen LogP contribution is 2.16. The van der Waals surface area contributed by atoms with Crippen molar-refractivity contribution in [3.05, 3.63) is 18.7 Å². The lowest BCUT2D eigenvalue weighted by molar-refractivity contribution is -0.203. The summed E-state index contributed by atoms with van der Waals surface area (Å²) in [6, 6.07) is 0. The molecule has 0 aliphatic carbocycles. The molecule has 1 aromatic heterocycles. The Balaban J connectivity index is 1.76. The number of nitrogens with zero attached hydrogens (tertiary/aromatic N) is 2. The molecule has 5 nitrogen and oxygen atoms in total. The van der Waals surface area contributed by atoms with Crippen molar-refractivity contribution in [3.63, 3.8) is 0 Å². The van der Waals surface area contributed by atoms with Crippen molar-refractivity contribution < 1.29 is 14.6 Å². The molecule has 3 atom stereocenters. The van der Waals surface area contributed by atoms with Crippen LogP contribution in [0.1, 0.15) is 26.2 Å². The zero-order valence-electron chi connectivity index (χ0n) is 10.2. The van der Waals surface area contributed by atoms with Gasteiger partial charge in [-0.25, -0.2) is 4.98 Å². The van der Waals surface area contributed by atoms with Crippen molar-refractivity contribution in [2.75, 3.05) is 6.61 Å². The molecule has 3 unspecified atom stereocenters. The molecule has 2 rings (SSSR count). The van der Waals surface area contributed by atoms with E-state index >= 15 is 0 Å². The number of ether oxygens (including phenoxy) is 2. The van der Waals surface area contributed by atoms with Gasteiger partial charge in [-0.1, -0.05) is 0 Å². The predicted octanol–water partition coefficient (Wildman–Crippen LogP) is 1.18. The average molecular weight is 240 g/mol. The minimum atomic E-state index is -0.547. The normalized spacial score (nSPS) is 24.5. The molecule has 1 saturated heterocycles. The topological polar surface area (TPSA) is 56.5 Å². The summed E-state index contributed by atoms with van der Waals surface area (Å²) in [6.45, 7) is 3.13. The van der Waals surface area contributed by atoms with Gasteiger partial charge in [0.25, 0.3) is 0 Å². The number of hydrogen-bond donors (Lipinski definition) is 1. The fraction of sp³-hybridized carbons (Fsp3) is 0.750. The van der Waals surface area contributed by atoms with Gasteiger partial charge < -0.3 is 19.1 Å². The first-order valence-corrected chi connectivity index (χ1v) is 6.16. The summed E-state index contributed by atoms with van der Waals surface area (Å²) in [5, 5.41) is 9.99. The summed E-state index contributed by atoms with van der Waals surface area (Å²) in [5.74, 6) is 0. The first kappa shape index (κ1) is 12.5. The van der Waals surface area contributed by atoms with E-state index in [0.717, 1.165) is 25.9 Å². The molecule has 2 heterocycles. The van der Waals surface area contributed by atoms with Gasteiger partial charge in [-0.3, -0.25) is 0 Å². The molecule has 1 aromatic rings. The van der Waals surface area contributed by atoms with Crippen LogP contribution < -0.4 is 0 Å². The lowest BCUT2D eigenvalue weighted by Gasteiger charge is -2.28. The monoisotopic (exact) mass is 240 g/mol. The number of imidazole rings is 1. The second-order valence-corrected chi connectivity index (χ2v) is 4.46. The number of rotatable bonds is 5. The van der Waals surface area contributed by atoms with Crippen LogP contribution in [0, 0.1) is 0 Å². The Kier molecular flexibility index (Phi) is 4.53. The quantitative estimate of drug-likeness (QED) is 0.839. The fourth-order valence-electron chi connectivity index (χ4n) is 1.91. The molecular weight excluding hydrogens is 220 g/mol. The summed E-state index contributed by atoms with van der Waals surface area (Å²) in [4.78, 5) is 3.94. The summed E-state index contributed by atoms with van der Waals surface area (Å²) < 4.78 is 13.0. The highest BCUT2D eigenvalue weighted by Gasteiger charge is 2.22. The van der Waals surface area contributed by atoms with E-state index < -0.39 is 6.10 Å². The van der Waals surface area contributed by atoms with Crippen molar-refractivity contribution in [1.29, 1.82) is 0 Å². The maximum absolute atomic E-state index is 9.99. The molecule has 0 spiro atoms. The molecule has 0 aromatic carbocycles. The van der Waals surface area contributed by atoms with Crippen LogP contribution in [0.15, 0.2) is 18.7 Å². The Morgan fingerprint density at radius 2 is 2.47 bits per heavy atom. The van der Waals surface area contributed by atoms with Crippen LogP contribution in [0.2, 0.25) is 0 Å². The molecule has 96 valence electrons. The SMILES string of the molecule is CC(OC1CCCCO1)C(O)Cn1ccnc1. The molecule has 0 saturated carbocycles. The largest absolute Gasteiger partial charge is 0.389 e. The zero-order chi connectivity index (χ0) is 12.1. The van der Waals surface area contributed by atoms with Crippen molar-refractivity contribution in [2.24, 2.45) is 0 Å². The zero-order valence-corrected chi connectivity index (χ0v) is 10.2. The molecule has 0 amide bonds. The van der Waals surface area contributed by atoms with Gasteiger partial charge in [-0.2, -0.15) is 0 Å². The van der Waals surface area contributed by atoms with Gasteiger partial charge in [0.15, 0.2) is 6.29 Å². The first-order valence-electron chi connectivity index (χ1n) is 6.16. The van der Waals surface area contributed by atoms with Gasteiger partial charge >= 0.3 is 0 Å². The lowest BCUT2D eigenvalue weighted by atomic mass is 10.2. The molecule has 1 N–H and O–H groups in total. The Morgan fingerprint density at radius 3 is 3.12 bits per heavy atom. The third-order valence-corrected chi connectivity index (χ3v) is 3.00. The second-order valence-electron chi connectivity index (χ2n) is 4.46. The molecule has 0 bridgehead atoms. The van der Waals surface area contributed by atoms with E-state index in [1.165, 1.54) is 0 Å². The van der Waals surface area contributed by atoms with Gasteiger partial charge in [-0.05, 0) is 26.2 Å². The predicted molar refractivity (Wildman–Crippen MR) is 62.4 cm³/mol. The van der Waals surface area contributed by atoms with Crippen LogP contribution in [-0.4, -0.2) is 39.8 Å². The van der Waals surface area contributed by atoms with Gasteiger partial charge in [0.2, 0.25) is 0 Å². The van der Waals surface area contributed by atoms with E-state index in [1.54, 1.807) is 12.5 Å². The second kappa shape index (κ2) is 6.14. The molecule has 1 aliphatic heterocycles. The van der Waals surface area contributed by atoms with Crippen molar-refractivity contribution in [2.45, 2.75) is 51.2 Å². The van der Waals surface area contributed by atoms with Gasteiger partial charge in [0, 0.05) is 19.0 Å². The minimum absolute atomic E-state index is 0.156. The Bertz CT molecular complexity index is 310. The van der Waals surface area contributed by atoms with Crippen LogP contribution in [0.4, 0.5) is 0 Å². The standard InChI is InChI=1S/C12H20N2O3/c1-10(17-12-4-2-3-7-16-12)11(15)8-14-6-5-13-9-14/h5-6,9-12,15H,2-4,7-8H2,1H3. The van der Waals surface area contributed by atoms with Crippen molar-refractivity contribution in [1.82, 2.24) is 9.55 Å². The van der Waals surface area contributed by atoms with Crippen molar-refractivity contribution >= 4 is 0 Å². The number of aliphatic hydroxyl groups excluding tert-OH is 1. The van der Waals surface area contributed by atoms with E-state index in [0.29, 0.717) is 6.54 Å². The maximum atomic E-state index is 9.99. The molecule has 17 heavy (non-hydrogen) atoms. The third-order valence-electron chi connectivity index (χ3n) is 3.00. The third kappa shape index (κ3) is 3.80. The number of aliphatic hydroxyl groups is 1. The van der Waals surface area contributed by atoms with E-state index in [-0.39, 0.29) is 12.4 Å². The molecule has 0 radical (unpaired) electrons. The number of hydrogen-bond acceptors (Lipinski definition) is 4. The summed E-state index contributed by atoms with van der Waals surface area (Å²) in [5.41, 5.74) is 0. The maximum Gasteiger partial charge on any atom is 0.158 e. The van der Waals surface area contributed by atoms with E-state index in [2.05, 4.69) is 4.98 Å². The van der Waals surface area contributed by atoms with Crippen LogP contribution in [0.3, 0.4) is 0 Å². The van der Waals surface area contributed by atoms with E-state index in [9.17, 15) is 5.11 Å². The van der Waals surface area contributed by atoms with Gasteiger partial charge in [-0.15, -0.1) is 0 Å². The van der Waals surface area contributed by atoms with E-state index in [1.807, 2.05) is 17.7 Å². The smallest absolute Gasteiger partial charge is 0.158 e. The minimum Gasteiger partial charge on any atom is -0.389 e. The molecular formula is C12H20N2O3. The summed E-state index contributed by atoms with van der Waals surface area (Å²) in [7, 11) is 0. The summed E-state index contributed by atoms with van der Waals surface area (Å²) in [6.07, 6.45) is 7.43. The van der Waals surface area contributed by atoms with Crippen LogP contribution in [0.25, 0.3) is 0 Å². The van der Waals surface area contributed by atoms with Crippen LogP contribution >= 0.6 is 0 Å². The fourth-order valence-corrected chi connectivity index (χ4v) is 1.91. The lowest BCUT2D eigenvalue weighted by Crippen LogP contribution is -2.35. The molecule has 1 fully saturated rings. The molecule has 5 heteroatoms.